The number of unbranched alkanes of at least 4 members (excludes halogenated alkanes) is 5. The second-order valence-corrected chi connectivity index (χ2v) is 5.45. The molecule has 0 aliphatic heterocycles. The van der Waals surface area contributed by atoms with Gasteiger partial charge in [-0.25, -0.2) is 4.79 Å². The van der Waals surface area contributed by atoms with Crippen LogP contribution in [-0.4, -0.2) is 12.6 Å². The van der Waals surface area contributed by atoms with Gasteiger partial charge >= 0.3 is 5.97 Å². The van der Waals surface area contributed by atoms with Crippen LogP contribution >= 0.6 is 0 Å². The highest BCUT2D eigenvalue weighted by molar-refractivity contribution is 5.88. The van der Waals surface area contributed by atoms with Crippen molar-refractivity contribution in [1.82, 2.24) is 0 Å². The molecule has 2 rings (SSSR count). The summed E-state index contributed by atoms with van der Waals surface area (Å²) in [5.74, 6) is 0.943. The van der Waals surface area contributed by atoms with Crippen LogP contribution in [0.4, 0.5) is 0 Å². The van der Waals surface area contributed by atoms with Crippen LogP contribution < -0.4 is 9.47 Å². The number of furan rings is 1. The maximum atomic E-state index is 11.7. The summed E-state index contributed by atoms with van der Waals surface area (Å²) >= 11 is 0. The van der Waals surface area contributed by atoms with E-state index in [0.717, 1.165) is 18.8 Å². The second kappa shape index (κ2) is 9.72. The Morgan fingerprint density at radius 1 is 0.957 bits per heavy atom. The van der Waals surface area contributed by atoms with Gasteiger partial charge in [-0.05, 0) is 42.8 Å². The van der Waals surface area contributed by atoms with Crippen molar-refractivity contribution in [2.24, 2.45) is 0 Å². The lowest BCUT2D eigenvalue weighted by Gasteiger charge is -2.07. The first-order valence-corrected chi connectivity index (χ1v) is 8.28. The molecule has 0 radical (unpaired) electrons. The van der Waals surface area contributed by atoms with Crippen LogP contribution in [0.2, 0.25) is 0 Å². The van der Waals surface area contributed by atoms with E-state index in [1.807, 2.05) is 12.1 Å². The van der Waals surface area contributed by atoms with Gasteiger partial charge in [-0.2, -0.15) is 0 Å². The minimum absolute atomic E-state index is 0.188. The van der Waals surface area contributed by atoms with Gasteiger partial charge in [-0.1, -0.05) is 39.0 Å². The molecule has 0 saturated carbocycles. The molecule has 0 spiro atoms. The lowest BCUT2D eigenvalue weighted by Crippen LogP contribution is -2.07. The normalized spacial score (nSPS) is 10.5. The highest BCUT2D eigenvalue weighted by Gasteiger charge is 2.11. The third-order valence-electron chi connectivity index (χ3n) is 3.52. The van der Waals surface area contributed by atoms with Gasteiger partial charge < -0.3 is 13.9 Å². The molecule has 0 N–H and O–H groups in total. The van der Waals surface area contributed by atoms with E-state index in [2.05, 4.69) is 6.92 Å². The van der Waals surface area contributed by atoms with Crippen LogP contribution in [0.1, 0.15) is 56.0 Å². The highest BCUT2D eigenvalue weighted by atomic mass is 16.5. The monoisotopic (exact) mass is 316 g/mol. The minimum atomic E-state index is -0.504. The third-order valence-corrected chi connectivity index (χ3v) is 3.52. The smallest absolute Gasteiger partial charge is 0.379 e. The number of benzene rings is 1. The molecule has 0 atom stereocenters. The molecule has 0 aliphatic carbocycles. The predicted molar refractivity (Wildman–Crippen MR) is 89.0 cm³/mol. The molecule has 4 heteroatoms. The Bertz CT molecular complexity index is 558. The van der Waals surface area contributed by atoms with Gasteiger partial charge in [0.1, 0.15) is 11.5 Å². The summed E-state index contributed by atoms with van der Waals surface area (Å²) in [7, 11) is 0. The molecule has 0 bridgehead atoms. The average Bonchev–Trinajstić information content (AvgIpc) is 3.10. The summed E-state index contributed by atoms with van der Waals surface area (Å²) in [5.41, 5.74) is 0. The molecule has 0 fully saturated rings. The number of esters is 1. The average molecular weight is 316 g/mol. The van der Waals surface area contributed by atoms with Crippen molar-refractivity contribution in [3.8, 4) is 11.5 Å². The molecule has 1 aromatic heterocycles. The fraction of sp³-hybridized carbons (Fsp3) is 0.421. The fourth-order valence-corrected chi connectivity index (χ4v) is 2.23. The summed E-state index contributed by atoms with van der Waals surface area (Å²) in [6.45, 7) is 2.94. The first-order chi connectivity index (χ1) is 11.3. The zero-order valence-electron chi connectivity index (χ0n) is 13.6. The van der Waals surface area contributed by atoms with Crippen molar-refractivity contribution < 1.29 is 18.7 Å². The van der Waals surface area contributed by atoms with E-state index in [1.165, 1.54) is 38.4 Å². The Kier molecular flexibility index (Phi) is 7.24. The van der Waals surface area contributed by atoms with E-state index >= 15 is 0 Å². The molecular formula is C19H24O4. The summed E-state index contributed by atoms with van der Waals surface area (Å²) in [5, 5.41) is 0. The lowest BCUT2D eigenvalue weighted by molar-refractivity contribution is 0.0701. The summed E-state index contributed by atoms with van der Waals surface area (Å²) < 4.78 is 15.9. The maximum absolute atomic E-state index is 11.7. The van der Waals surface area contributed by atoms with E-state index in [1.54, 1.807) is 24.3 Å². The van der Waals surface area contributed by atoms with Crippen LogP contribution in [0, 0.1) is 0 Å². The zero-order valence-corrected chi connectivity index (χ0v) is 13.6. The van der Waals surface area contributed by atoms with Gasteiger partial charge in [0.15, 0.2) is 0 Å². The van der Waals surface area contributed by atoms with Crippen molar-refractivity contribution in [3.05, 3.63) is 48.4 Å². The van der Waals surface area contributed by atoms with E-state index in [9.17, 15) is 4.79 Å². The second-order valence-electron chi connectivity index (χ2n) is 5.45. The summed E-state index contributed by atoms with van der Waals surface area (Å²) in [6.07, 6.45) is 8.89. The SMILES string of the molecule is CCCCCCCCOc1ccc(OC(=O)c2ccco2)cc1. The van der Waals surface area contributed by atoms with Crippen molar-refractivity contribution in [2.75, 3.05) is 6.61 Å². The predicted octanol–water partition coefficient (Wildman–Crippen LogP) is 5.24. The third kappa shape index (κ3) is 6.19. The number of carbonyl (C=O) groups excluding carboxylic acids is 1. The molecule has 4 nitrogen and oxygen atoms in total. The molecule has 0 amide bonds. The van der Waals surface area contributed by atoms with Gasteiger partial charge in [-0.3, -0.25) is 0 Å². The van der Waals surface area contributed by atoms with Gasteiger partial charge in [0.25, 0.3) is 0 Å². The number of hydrogen-bond acceptors (Lipinski definition) is 4. The van der Waals surface area contributed by atoms with Crippen LogP contribution in [0.5, 0.6) is 11.5 Å². The highest BCUT2D eigenvalue weighted by Crippen LogP contribution is 2.19. The van der Waals surface area contributed by atoms with Gasteiger partial charge in [0.2, 0.25) is 5.76 Å². The number of hydrogen-bond donors (Lipinski definition) is 0. The van der Waals surface area contributed by atoms with Crippen LogP contribution in [0.15, 0.2) is 47.1 Å². The lowest BCUT2D eigenvalue weighted by atomic mass is 10.1. The van der Waals surface area contributed by atoms with E-state index in [4.69, 9.17) is 13.9 Å². The summed E-state index contributed by atoms with van der Waals surface area (Å²) in [4.78, 5) is 11.7. The van der Waals surface area contributed by atoms with E-state index in [-0.39, 0.29) is 5.76 Å². The Labute approximate surface area is 137 Å². The van der Waals surface area contributed by atoms with Crippen molar-refractivity contribution in [1.29, 1.82) is 0 Å². The van der Waals surface area contributed by atoms with Gasteiger partial charge in [0, 0.05) is 0 Å². The largest absolute Gasteiger partial charge is 0.494 e. The molecule has 1 heterocycles. The quantitative estimate of drug-likeness (QED) is 0.342. The van der Waals surface area contributed by atoms with Gasteiger partial charge in [0.05, 0.1) is 12.9 Å². The first-order valence-electron chi connectivity index (χ1n) is 8.28. The minimum Gasteiger partial charge on any atom is -0.494 e. The van der Waals surface area contributed by atoms with Crippen molar-refractivity contribution in [3.63, 3.8) is 0 Å². The maximum Gasteiger partial charge on any atom is 0.379 e. The number of rotatable bonds is 10. The van der Waals surface area contributed by atoms with Crippen molar-refractivity contribution >= 4 is 5.97 Å². The number of ether oxygens (including phenoxy) is 2. The fourth-order valence-electron chi connectivity index (χ4n) is 2.23. The summed E-state index contributed by atoms with van der Waals surface area (Å²) in [6, 6.07) is 10.3. The molecule has 0 unspecified atom stereocenters. The van der Waals surface area contributed by atoms with Crippen LogP contribution in [0.25, 0.3) is 0 Å². The van der Waals surface area contributed by atoms with Crippen molar-refractivity contribution in [2.45, 2.75) is 45.4 Å². The van der Waals surface area contributed by atoms with Crippen LogP contribution in [0.3, 0.4) is 0 Å². The number of carbonyl (C=O) groups is 1. The topological polar surface area (TPSA) is 48.7 Å². The molecule has 0 saturated heterocycles. The Balaban J connectivity index is 1.67. The Hall–Kier alpha value is -2.23. The zero-order chi connectivity index (χ0) is 16.3. The van der Waals surface area contributed by atoms with E-state index in [0.29, 0.717) is 5.75 Å². The Morgan fingerprint density at radius 3 is 2.35 bits per heavy atom. The molecule has 2 aromatic rings. The molecule has 0 aliphatic rings. The Morgan fingerprint density at radius 2 is 1.65 bits per heavy atom. The van der Waals surface area contributed by atoms with Crippen LogP contribution in [-0.2, 0) is 0 Å². The molecule has 1 aromatic carbocycles. The molecule has 23 heavy (non-hydrogen) atoms. The molecular weight excluding hydrogens is 292 g/mol. The molecule has 124 valence electrons. The standard InChI is InChI=1S/C19H24O4/c1-2-3-4-5-6-7-14-21-16-10-12-17(13-11-16)23-19(20)18-9-8-15-22-18/h8-13,15H,2-7,14H2,1H3. The first kappa shape index (κ1) is 17.1. The van der Waals surface area contributed by atoms with Gasteiger partial charge in [-0.15, -0.1) is 0 Å². The van der Waals surface area contributed by atoms with E-state index < -0.39 is 5.97 Å².